The Morgan fingerprint density at radius 3 is 2.90 bits per heavy atom. The normalized spacial score (nSPS) is 27.8. The number of aliphatic hydroxyl groups is 1. The molecule has 1 saturated heterocycles. The molecule has 20 heavy (non-hydrogen) atoms. The Balaban J connectivity index is 1.70. The highest BCUT2D eigenvalue weighted by atomic mass is 16.3. The molecular formula is C15H26N4O. The van der Waals surface area contributed by atoms with Crippen LogP contribution in [-0.4, -0.2) is 49.5 Å². The third-order valence-corrected chi connectivity index (χ3v) is 4.64. The lowest BCUT2D eigenvalue weighted by atomic mass is 9.97. The first kappa shape index (κ1) is 14.0. The predicted molar refractivity (Wildman–Crippen MR) is 77.5 cm³/mol. The molecule has 1 fully saturated rings. The third-order valence-electron chi connectivity index (χ3n) is 4.64. The molecule has 112 valence electrons. The Hall–Kier alpha value is -0.940. The van der Waals surface area contributed by atoms with Gasteiger partial charge in [-0.05, 0) is 39.7 Å². The van der Waals surface area contributed by atoms with Crippen LogP contribution in [0.1, 0.15) is 51.2 Å². The van der Waals surface area contributed by atoms with Crippen molar-refractivity contribution in [3.8, 4) is 0 Å². The number of aryl methyl sites for hydroxylation is 1. The topological polar surface area (TPSA) is 54.2 Å². The van der Waals surface area contributed by atoms with E-state index in [0.717, 1.165) is 31.0 Å². The number of rotatable bonds is 3. The molecule has 0 amide bonds. The van der Waals surface area contributed by atoms with Gasteiger partial charge in [-0.15, -0.1) is 0 Å². The smallest absolute Gasteiger partial charge is 0.152 e. The van der Waals surface area contributed by atoms with E-state index in [0.29, 0.717) is 18.5 Å². The molecule has 5 nitrogen and oxygen atoms in total. The van der Waals surface area contributed by atoms with Crippen LogP contribution in [0.4, 0.5) is 0 Å². The molecule has 5 heteroatoms. The second-order valence-corrected chi connectivity index (χ2v) is 6.50. The average molecular weight is 278 g/mol. The number of likely N-dealkylation sites (tertiary alicyclic amines) is 1. The minimum Gasteiger partial charge on any atom is -0.393 e. The fourth-order valence-corrected chi connectivity index (χ4v) is 3.56. The van der Waals surface area contributed by atoms with Crippen LogP contribution < -0.4 is 0 Å². The molecule has 3 heterocycles. The van der Waals surface area contributed by atoms with Crippen molar-refractivity contribution in [1.29, 1.82) is 0 Å². The highest BCUT2D eigenvalue weighted by Gasteiger charge is 2.27. The largest absolute Gasteiger partial charge is 0.393 e. The van der Waals surface area contributed by atoms with Gasteiger partial charge in [0.25, 0.3) is 0 Å². The summed E-state index contributed by atoms with van der Waals surface area (Å²) >= 11 is 0. The third kappa shape index (κ3) is 2.88. The summed E-state index contributed by atoms with van der Waals surface area (Å²) in [6.07, 6.45) is 6.07. The van der Waals surface area contributed by atoms with E-state index in [-0.39, 0.29) is 6.10 Å². The lowest BCUT2D eigenvalue weighted by Gasteiger charge is -2.38. The van der Waals surface area contributed by atoms with Gasteiger partial charge in [-0.25, -0.2) is 9.67 Å². The zero-order valence-corrected chi connectivity index (χ0v) is 12.6. The Bertz CT molecular complexity index is 457. The number of aliphatic hydroxyl groups excluding tert-OH is 1. The molecular weight excluding hydrogens is 252 g/mol. The van der Waals surface area contributed by atoms with E-state index in [2.05, 4.69) is 28.8 Å². The lowest BCUT2D eigenvalue weighted by Crippen LogP contribution is -2.45. The van der Waals surface area contributed by atoms with Crippen molar-refractivity contribution in [2.75, 3.05) is 6.54 Å². The molecule has 2 unspecified atom stereocenters. The van der Waals surface area contributed by atoms with Crippen molar-refractivity contribution < 1.29 is 5.11 Å². The van der Waals surface area contributed by atoms with E-state index in [4.69, 9.17) is 0 Å². The van der Waals surface area contributed by atoms with Gasteiger partial charge in [0.1, 0.15) is 5.82 Å². The quantitative estimate of drug-likeness (QED) is 0.908. The summed E-state index contributed by atoms with van der Waals surface area (Å²) in [7, 11) is 0. The van der Waals surface area contributed by atoms with Gasteiger partial charge in [0.15, 0.2) is 5.82 Å². The van der Waals surface area contributed by atoms with Crippen LogP contribution in [0.15, 0.2) is 0 Å². The van der Waals surface area contributed by atoms with Crippen molar-refractivity contribution in [2.24, 2.45) is 0 Å². The van der Waals surface area contributed by atoms with Gasteiger partial charge in [0.2, 0.25) is 0 Å². The molecule has 0 spiro atoms. The highest BCUT2D eigenvalue weighted by molar-refractivity contribution is 5.00. The van der Waals surface area contributed by atoms with E-state index in [1.807, 2.05) is 4.68 Å². The number of fused-ring (bicyclic) bond motifs is 1. The first-order chi connectivity index (χ1) is 9.63. The van der Waals surface area contributed by atoms with Crippen LogP contribution in [-0.2, 0) is 19.4 Å². The van der Waals surface area contributed by atoms with Crippen molar-refractivity contribution in [3.05, 3.63) is 11.6 Å². The molecule has 0 saturated carbocycles. The number of hydrogen-bond acceptors (Lipinski definition) is 4. The molecule has 1 aromatic rings. The predicted octanol–water partition coefficient (Wildman–Crippen LogP) is 1.39. The first-order valence-corrected chi connectivity index (χ1v) is 8.00. The molecule has 1 aromatic heterocycles. The minimum atomic E-state index is -0.235. The summed E-state index contributed by atoms with van der Waals surface area (Å²) in [5.74, 6) is 1.93. The van der Waals surface area contributed by atoms with Crippen molar-refractivity contribution in [1.82, 2.24) is 19.7 Å². The molecule has 2 aliphatic rings. The molecule has 0 radical (unpaired) electrons. The molecule has 2 aliphatic heterocycles. The molecule has 3 rings (SSSR count). The molecule has 0 aliphatic carbocycles. The standard InChI is InChI=1S/C15H26N4O/c1-11(2)18-7-4-3-5-12(18)9-14-16-15-10-13(20)6-8-19(15)17-14/h11-13,20H,3-10H2,1-2H3. The highest BCUT2D eigenvalue weighted by Crippen LogP contribution is 2.22. The Morgan fingerprint density at radius 1 is 1.25 bits per heavy atom. The van der Waals surface area contributed by atoms with Crippen molar-refractivity contribution in [3.63, 3.8) is 0 Å². The first-order valence-electron chi connectivity index (χ1n) is 8.00. The number of nitrogens with zero attached hydrogens (tertiary/aromatic N) is 4. The van der Waals surface area contributed by atoms with E-state index in [9.17, 15) is 5.11 Å². The van der Waals surface area contributed by atoms with Crippen LogP contribution in [0.3, 0.4) is 0 Å². The Labute approximate surface area is 121 Å². The van der Waals surface area contributed by atoms with Crippen LogP contribution >= 0.6 is 0 Å². The summed E-state index contributed by atoms with van der Waals surface area (Å²) in [5, 5.41) is 14.4. The van der Waals surface area contributed by atoms with Crippen molar-refractivity contribution >= 4 is 0 Å². The second kappa shape index (κ2) is 5.82. The number of hydrogen-bond donors (Lipinski definition) is 1. The number of piperidine rings is 1. The molecule has 1 N–H and O–H groups in total. The fourth-order valence-electron chi connectivity index (χ4n) is 3.56. The van der Waals surface area contributed by atoms with E-state index in [1.165, 1.54) is 25.8 Å². The summed E-state index contributed by atoms with van der Waals surface area (Å²) in [5.41, 5.74) is 0. The van der Waals surface area contributed by atoms with Gasteiger partial charge in [-0.1, -0.05) is 6.42 Å². The summed E-state index contributed by atoms with van der Waals surface area (Å²) < 4.78 is 1.99. The SMILES string of the molecule is CC(C)N1CCCCC1Cc1nc2n(n1)CCC(O)C2. The fraction of sp³-hybridized carbons (Fsp3) is 0.867. The molecule has 0 aromatic carbocycles. The van der Waals surface area contributed by atoms with E-state index < -0.39 is 0 Å². The van der Waals surface area contributed by atoms with Gasteiger partial charge >= 0.3 is 0 Å². The zero-order chi connectivity index (χ0) is 14.1. The van der Waals surface area contributed by atoms with Gasteiger partial charge in [-0.3, -0.25) is 4.90 Å². The second-order valence-electron chi connectivity index (χ2n) is 6.50. The molecule has 2 atom stereocenters. The van der Waals surface area contributed by atoms with Gasteiger partial charge in [-0.2, -0.15) is 5.10 Å². The van der Waals surface area contributed by atoms with Crippen molar-refractivity contribution in [2.45, 2.75) is 77.1 Å². The van der Waals surface area contributed by atoms with Crippen LogP contribution in [0.2, 0.25) is 0 Å². The maximum atomic E-state index is 9.71. The minimum absolute atomic E-state index is 0.235. The average Bonchev–Trinajstić information content (AvgIpc) is 2.80. The van der Waals surface area contributed by atoms with E-state index >= 15 is 0 Å². The monoisotopic (exact) mass is 278 g/mol. The summed E-state index contributed by atoms with van der Waals surface area (Å²) in [6.45, 7) is 6.57. The maximum Gasteiger partial charge on any atom is 0.152 e. The zero-order valence-electron chi connectivity index (χ0n) is 12.6. The molecule has 0 bridgehead atoms. The maximum absolute atomic E-state index is 9.71. The van der Waals surface area contributed by atoms with Gasteiger partial charge in [0.05, 0.1) is 6.10 Å². The van der Waals surface area contributed by atoms with E-state index in [1.54, 1.807) is 0 Å². The van der Waals surface area contributed by atoms with Crippen LogP contribution in [0, 0.1) is 0 Å². The number of aromatic nitrogens is 3. The summed E-state index contributed by atoms with van der Waals surface area (Å²) in [6, 6.07) is 1.18. The van der Waals surface area contributed by atoms with Gasteiger partial charge < -0.3 is 5.11 Å². The Morgan fingerprint density at radius 2 is 2.10 bits per heavy atom. The van der Waals surface area contributed by atoms with Crippen LogP contribution in [0.25, 0.3) is 0 Å². The van der Waals surface area contributed by atoms with Gasteiger partial charge in [0, 0.05) is 31.5 Å². The summed E-state index contributed by atoms with van der Waals surface area (Å²) in [4.78, 5) is 7.25. The van der Waals surface area contributed by atoms with Crippen LogP contribution in [0.5, 0.6) is 0 Å². The lowest BCUT2D eigenvalue weighted by molar-refractivity contribution is 0.110. The Kier molecular flexibility index (Phi) is 4.08.